The molecule has 0 atom stereocenters. The first kappa shape index (κ1) is 24.9. The molecule has 1 saturated carbocycles. The van der Waals surface area contributed by atoms with Crippen LogP contribution in [0.25, 0.3) is 0 Å². The third kappa shape index (κ3) is 8.27. The number of carbonyl (C=O) groups excluding carboxylic acids is 1. The van der Waals surface area contributed by atoms with Crippen molar-refractivity contribution in [2.24, 2.45) is 5.92 Å². The average Bonchev–Trinajstić information content (AvgIpc) is 3.08. The minimum absolute atomic E-state index is 0.0971. The molecule has 1 heterocycles. The Morgan fingerprint density at radius 3 is 2.39 bits per heavy atom. The molecule has 1 aromatic heterocycles. The van der Waals surface area contributed by atoms with E-state index in [4.69, 9.17) is 9.47 Å². The number of hydrogen-bond donors (Lipinski definition) is 1. The maximum absolute atomic E-state index is 12.8. The molecule has 182 valence electrons. The smallest absolute Gasteiger partial charge is 0.444 e. The maximum Gasteiger partial charge on any atom is 0.574 e. The number of amides is 1. The Bertz CT molecular complexity index is 902. The standard InChI is InChI=1S/C23H30F3N3O4/c1-22(2,3)33-21(30)27-19-13-29(28-20(19)32-23(24,25)26)18-11-9-17(10-12-18)15-31-14-16-7-5-4-6-8-16/h4-8,13,17-18H,9-12,14-15H2,1-3H3,(H,27,30)/t17-,18-. The fourth-order valence-corrected chi connectivity index (χ4v) is 3.74. The summed E-state index contributed by atoms with van der Waals surface area (Å²) in [4.78, 5) is 12.1. The van der Waals surface area contributed by atoms with Crippen molar-refractivity contribution >= 4 is 11.8 Å². The summed E-state index contributed by atoms with van der Waals surface area (Å²) in [5, 5.41) is 6.28. The Balaban J connectivity index is 1.57. The van der Waals surface area contributed by atoms with Crippen LogP contribution in [-0.2, 0) is 16.1 Å². The van der Waals surface area contributed by atoms with Crippen molar-refractivity contribution in [3.8, 4) is 5.88 Å². The third-order valence-corrected chi connectivity index (χ3v) is 5.20. The largest absolute Gasteiger partial charge is 0.574 e. The van der Waals surface area contributed by atoms with Crippen molar-refractivity contribution < 1.29 is 32.2 Å². The summed E-state index contributed by atoms with van der Waals surface area (Å²) in [5.74, 6) is -0.326. The van der Waals surface area contributed by atoms with Crippen LogP contribution in [0.2, 0.25) is 0 Å². The van der Waals surface area contributed by atoms with Gasteiger partial charge in [0.2, 0.25) is 0 Å². The summed E-state index contributed by atoms with van der Waals surface area (Å²) < 4.78 is 55.0. The molecule has 1 amide bonds. The summed E-state index contributed by atoms with van der Waals surface area (Å²) in [6.45, 7) is 6.16. The maximum atomic E-state index is 12.8. The van der Waals surface area contributed by atoms with Crippen LogP contribution < -0.4 is 10.1 Å². The second-order valence-corrected chi connectivity index (χ2v) is 9.18. The Kier molecular flexibility index (Phi) is 7.88. The lowest BCUT2D eigenvalue weighted by molar-refractivity contribution is -0.276. The number of halogens is 3. The zero-order valence-electron chi connectivity index (χ0n) is 19.0. The van der Waals surface area contributed by atoms with E-state index in [9.17, 15) is 18.0 Å². The number of benzene rings is 1. The Morgan fingerprint density at radius 2 is 1.79 bits per heavy atom. The van der Waals surface area contributed by atoms with Gasteiger partial charge in [-0.3, -0.25) is 10.00 Å². The minimum Gasteiger partial charge on any atom is -0.444 e. The number of carbonyl (C=O) groups is 1. The number of hydrogen-bond acceptors (Lipinski definition) is 5. The normalized spacial score (nSPS) is 19.2. The van der Waals surface area contributed by atoms with Gasteiger partial charge in [0.1, 0.15) is 11.3 Å². The van der Waals surface area contributed by atoms with Crippen molar-refractivity contribution in [2.75, 3.05) is 11.9 Å². The van der Waals surface area contributed by atoms with Gasteiger partial charge in [0.15, 0.2) is 0 Å². The van der Waals surface area contributed by atoms with Crippen LogP contribution in [0.15, 0.2) is 36.5 Å². The summed E-state index contributed by atoms with van der Waals surface area (Å²) in [5.41, 5.74) is 0.131. The molecule has 1 N–H and O–H groups in total. The van der Waals surface area contributed by atoms with Crippen molar-refractivity contribution in [2.45, 2.75) is 71.1 Å². The molecule has 0 saturated heterocycles. The van der Waals surface area contributed by atoms with Gasteiger partial charge in [0.05, 0.1) is 18.8 Å². The van der Waals surface area contributed by atoms with E-state index in [0.29, 0.717) is 19.1 Å². The number of nitrogens with zero attached hydrogens (tertiary/aromatic N) is 2. The zero-order chi connectivity index (χ0) is 24.1. The quantitative estimate of drug-likeness (QED) is 0.532. The lowest BCUT2D eigenvalue weighted by atomic mass is 9.86. The highest BCUT2D eigenvalue weighted by Crippen LogP contribution is 2.36. The Labute approximate surface area is 191 Å². The van der Waals surface area contributed by atoms with Crippen molar-refractivity contribution in [3.05, 3.63) is 42.1 Å². The van der Waals surface area contributed by atoms with E-state index in [1.807, 2.05) is 30.3 Å². The van der Waals surface area contributed by atoms with E-state index in [0.717, 1.165) is 31.2 Å². The highest BCUT2D eigenvalue weighted by molar-refractivity contribution is 5.86. The van der Waals surface area contributed by atoms with Gasteiger partial charge in [-0.15, -0.1) is 18.3 Å². The van der Waals surface area contributed by atoms with Gasteiger partial charge >= 0.3 is 12.5 Å². The monoisotopic (exact) mass is 469 g/mol. The SMILES string of the molecule is CC(C)(C)OC(=O)Nc1cn([C@H]2CC[C@H](COCc3ccccc3)CC2)nc1OC(F)(F)F. The summed E-state index contributed by atoms with van der Waals surface area (Å²) in [7, 11) is 0. The molecule has 0 spiro atoms. The highest BCUT2D eigenvalue weighted by atomic mass is 19.4. The first-order valence-electron chi connectivity index (χ1n) is 10.9. The number of anilines is 1. The van der Waals surface area contributed by atoms with Crippen LogP contribution in [0.3, 0.4) is 0 Å². The average molecular weight is 470 g/mol. The van der Waals surface area contributed by atoms with Crippen LogP contribution in [0.1, 0.15) is 58.1 Å². The number of rotatable bonds is 7. The van der Waals surface area contributed by atoms with E-state index in [1.165, 1.54) is 10.9 Å². The highest BCUT2D eigenvalue weighted by Gasteiger charge is 2.35. The van der Waals surface area contributed by atoms with Gasteiger partial charge in [-0.1, -0.05) is 30.3 Å². The topological polar surface area (TPSA) is 74.6 Å². The first-order chi connectivity index (χ1) is 15.5. The van der Waals surface area contributed by atoms with Gasteiger partial charge in [-0.05, 0) is 57.9 Å². The molecule has 0 unspecified atom stereocenters. The molecule has 1 fully saturated rings. The van der Waals surface area contributed by atoms with E-state index in [1.54, 1.807) is 20.8 Å². The van der Waals surface area contributed by atoms with E-state index in [2.05, 4.69) is 15.2 Å². The molecular weight excluding hydrogens is 439 g/mol. The second-order valence-electron chi connectivity index (χ2n) is 9.18. The summed E-state index contributed by atoms with van der Waals surface area (Å²) in [6, 6.07) is 9.82. The van der Waals surface area contributed by atoms with Crippen LogP contribution in [0, 0.1) is 5.92 Å². The lowest BCUT2D eigenvalue weighted by Gasteiger charge is -2.28. The zero-order valence-corrected chi connectivity index (χ0v) is 19.0. The Morgan fingerprint density at radius 1 is 1.12 bits per heavy atom. The Hall–Kier alpha value is -2.75. The van der Waals surface area contributed by atoms with Crippen LogP contribution in [-0.4, -0.2) is 34.4 Å². The predicted octanol–water partition coefficient (Wildman–Crippen LogP) is 6.08. The van der Waals surface area contributed by atoms with E-state index >= 15 is 0 Å². The van der Waals surface area contributed by atoms with Gasteiger partial charge < -0.3 is 14.2 Å². The molecule has 33 heavy (non-hydrogen) atoms. The lowest BCUT2D eigenvalue weighted by Crippen LogP contribution is -2.27. The van der Waals surface area contributed by atoms with Crippen LogP contribution >= 0.6 is 0 Å². The van der Waals surface area contributed by atoms with Crippen molar-refractivity contribution in [3.63, 3.8) is 0 Å². The molecule has 0 bridgehead atoms. The molecule has 0 radical (unpaired) electrons. The molecule has 1 aliphatic carbocycles. The minimum atomic E-state index is -4.93. The molecular formula is C23H30F3N3O4. The van der Waals surface area contributed by atoms with Crippen molar-refractivity contribution in [1.29, 1.82) is 0 Å². The third-order valence-electron chi connectivity index (χ3n) is 5.20. The summed E-state index contributed by atoms with van der Waals surface area (Å²) in [6.07, 6.45) is -1.25. The predicted molar refractivity (Wildman–Crippen MR) is 116 cm³/mol. The van der Waals surface area contributed by atoms with Crippen LogP contribution in [0.4, 0.5) is 23.7 Å². The molecule has 7 nitrogen and oxygen atoms in total. The molecule has 1 aromatic carbocycles. The van der Waals surface area contributed by atoms with Gasteiger partial charge in [0, 0.05) is 6.61 Å². The molecule has 2 aromatic rings. The van der Waals surface area contributed by atoms with Gasteiger partial charge in [0.25, 0.3) is 5.88 Å². The number of aromatic nitrogens is 2. The fourth-order valence-electron chi connectivity index (χ4n) is 3.74. The van der Waals surface area contributed by atoms with Crippen LogP contribution in [0.5, 0.6) is 5.88 Å². The second kappa shape index (κ2) is 10.5. The molecule has 0 aliphatic heterocycles. The fraction of sp³-hybridized carbons (Fsp3) is 0.565. The van der Waals surface area contributed by atoms with Gasteiger partial charge in [-0.25, -0.2) is 4.79 Å². The number of ether oxygens (including phenoxy) is 3. The molecule has 3 rings (SSSR count). The first-order valence-corrected chi connectivity index (χ1v) is 10.9. The van der Waals surface area contributed by atoms with E-state index in [-0.39, 0.29) is 11.7 Å². The number of alkyl halides is 3. The summed E-state index contributed by atoms with van der Waals surface area (Å²) >= 11 is 0. The molecule has 1 aliphatic rings. The van der Waals surface area contributed by atoms with E-state index < -0.39 is 23.9 Å². The number of nitrogens with one attached hydrogen (secondary N) is 1. The molecule has 10 heteroatoms. The van der Waals surface area contributed by atoms with Gasteiger partial charge in [-0.2, -0.15) is 0 Å². The van der Waals surface area contributed by atoms with Crippen molar-refractivity contribution in [1.82, 2.24) is 9.78 Å².